The van der Waals surface area contributed by atoms with Gasteiger partial charge in [0.05, 0.1) is 0 Å². The van der Waals surface area contributed by atoms with E-state index >= 15 is 0 Å². The number of likely N-dealkylation sites (tertiary alicyclic amines) is 1. The molecule has 2 aromatic rings. The van der Waals surface area contributed by atoms with Crippen LogP contribution in [0, 0.1) is 0 Å². The molecular formula is C29H36N4O2. The van der Waals surface area contributed by atoms with Crippen LogP contribution in [0.2, 0.25) is 0 Å². The van der Waals surface area contributed by atoms with E-state index in [-0.39, 0.29) is 17.9 Å². The molecule has 6 nitrogen and oxygen atoms in total. The second kappa shape index (κ2) is 9.40. The molecule has 0 radical (unpaired) electrons. The molecule has 184 valence electrons. The van der Waals surface area contributed by atoms with E-state index in [1.165, 1.54) is 31.2 Å². The van der Waals surface area contributed by atoms with Gasteiger partial charge in [0.15, 0.2) is 0 Å². The van der Waals surface area contributed by atoms with Crippen molar-refractivity contribution in [3.05, 3.63) is 65.2 Å². The number of rotatable bonds is 5. The van der Waals surface area contributed by atoms with E-state index in [4.69, 9.17) is 0 Å². The molecule has 0 aromatic heterocycles. The van der Waals surface area contributed by atoms with Crippen LogP contribution in [0.15, 0.2) is 48.5 Å². The molecule has 6 rings (SSSR count). The molecule has 2 N–H and O–H groups in total. The predicted octanol–water partition coefficient (Wildman–Crippen LogP) is 2.79. The van der Waals surface area contributed by atoms with Gasteiger partial charge < -0.3 is 15.5 Å². The number of nitrogens with one attached hydrogen (secondary N) is 2. The third-order valence-electron chi connectivity index (χ3n) is 8.87. The summed E-state index contributed by atoms with van der Waals surface area (Å²) in [5, 5.41) is 6.47. The molecular weight excluding hydrogens is 436 g/mol. The van der Waals surface area contributed by atoms with Crippen molar-refractivity contribution in [3.63, 3.8) is 0 Å². The molecule has 2 aromatic carbocycles. The zero-order valence-electron chi connectivity index (χ0n) is 20.5. The average molecular weight is 473 g/mol. The van der Waals surface area contributed by atoms with Crippen LogP contribution in [0.3, 0.4) is 0 Å². The minimum absolute atomic E-state index is 0.0249. The molecule has 2 amide bonds. The number of carbonyl (C=O) groups excluding carboxylic acids is 2. The maximum Gasteiger partial charge on any atom is 0.243 e. The van der Waals surface area contributed by atoms with Crippen molar-refractivity contribution in [3.8, 4) is 0 Å². The van der Waals surface area contributed by atoms with Gasteiger partial charge in [-0.3, -0.25) is 14.5 Å². The van der Waals surface area contributed by atoms with Crippen LogP contribution in [-0.4, -0.2) is 61.5 Å². The first-order valence-electron chi connectivity index (χ1n) is 13.3. The average Bonchev–Trinajstić information content (AvgIpc) is 3.62. The van der Waals surface area contributed by atoms with E-state index < -0.39 is 6.04 Å². The summed E-state index contributed by atoms with van der Waals surface area (Å²) >= 11 is 0. The first-order chi connectivity index (χ1) is 17.1. The van der Waals surface area contributed by atoms with Crippen LogP contribution in [0.1, 0.15) is 48.8 Å². The molecule has 3 heterocycles. The SMILES string of the molecule is O=C(N[C@H]1CCNC1)C1Cc2ccccc2N1C(=O)CCN1CCC2(CCc3ccccc32)CC1. The van der Waals surface area contributed by atoms with E-state index in [9.17, 15) is 9.59 Å². The fourth-order valence-electron chi connectivity index (χ4n) is 6.84. The summed E-state index contributed by atoms with van der Waals surface area (Å²) in [5.41, 5.74) is 5.42. The van der Waals surface area contributed by atoms with E-state index in [1.54, 1.807) is 10.5 Å². The van der Waals surface area contributed by atoms with Crippen molar-refractivity contribution in [2.24, 2.45) is 0 Å². The summed E-state index contributed by atoms with van der Waals surface area (Å²) in [4.78, 5) is 30.9. The Bertz CT molecular complexity index is 1100. The van der Waals surface area contributed by atoms with Crippen molar-refractivity contribution in [1.82, 2.24) is 15.5 Å². The first-order valence-corrected chi connectivity index (χ1v) is 13.3. The van der Waals surface area contributed by atoms with Gasteiger partial charge in [0, 0.05) is 37.7 Å². The summed E-state index contributed by atoms with van der Waals surface area (Å²) in [5.74, 6) is 0.0363. The van der Waals surface area contributed by atoms with Gasteiger partial charge in [-0.1, -0.05) is 42.5 Å². The fourth-order valence-corrected chi connectivity index (χ4v) is 6.84. The van der Waals surface area contributed by atoms with E-state index in [1.807, 2.05) is 24.3 Å². The third kappa shape index (κ3) is 4.27. The Morgan fingerprint density at radius 1 is 1.00 bits per heavy atom. The molecule has 6 heteroatoms. The molecule has 2 saturated heterocycles. The Balaban J connectivity index is 1.09. The van der Waals surface area contributed by atoms with Gasteiger partial charge in [0.1, 0.15) is 6.04 Å². The van der Waals surface area contributed by atoms with Gasteiger partial charge in [-0.25, -0.2) is 0 Å². The summed E-state index contributed by atoms with van der Waals surface area (Å²) in [6.07, 6.45) is 6.79. The zero-order valence-corrected chi connectivity index (χ0v) is 20.5. The smallest absolute Gasteiger partial charge is 0.243 e. The number of hydrogen-bond acceptors (Lipinski definition) is 4. The number of para-hydroxylation sites is 1. The van der Waals surface area contributed by atoms with Crippen molar-refractivity contribution in [2.45, 2.75) is 62.4 Å². The van der Waals surface area contributed by atoms with Gasteiger partial charge in [0.25, 0.3) is 0 Å². The highest BCUT2D eigenvalue weighted by atomic mass is 16.2. The van der Waals surface area contributed by atoms with E-state index in [0.29, 0.717) is 18.3 Å². The Kier molecular flexibility index (Phi) is 6.11. The van der Waals surface area contributed by atoms with Gasteiger partial charge in [-0.2, -0.15) is 0 Å². The van der Waals surface area contributed by atoms with Crippen molar-refractivity contribution < 1.29 is 9.59 Å². The Morgan fingerprint density at radius 2 is 1.77 bits per heavy atom. The standard InChI is InChI=1S/C29H36N4O2/c34-27(11-16-32-17-13-29(14-18-32)12-9-21-5-1-3-7-24(21)29)33-25-8-4-2-6-22(25)19-26(33)28(35)31-23-10-15-30-20-23/h1-8,23,26,30H,9-20H2,(H,31,35)/t23-,26?/m0/s1. The predicted molar refractivity (Wildman–Crippen MR) is 138 cm³/mol. The largest absolute Gasteiger partial charge is 0.350 e. The number of aryl methyl sites for hydroxylation is 1. The number of carbonyl (C=O) groups is 2. The van der Waals surface area contributed by atoms with Gasteiger partial charge in [-0.05, 0) is 79.9 Å². The van der Waals surface area contributed by atoms with Gasteiger partial charge in [0.2, 0.25) is 11.8 Å². The van der Waals surface area contributed by atoms with Gasteiger partial charge >= 0.3 is 0 Å². The maximum absolute atomic E-state index is 13.5. The van der Waals surface area contributed by atoms with Crippen LogP contribution in [0.5, 0.6) is 0 Å². The number of nitrogens with zero attached hydrogens (tertiary/aromatic N) is 2. The second-order valence-corrected chi connectivity index (χ2v) is 10.8. The number of amides is 2. The summed E-state index contributed by atoms with van der Waals surface area (Å²) in [6.45, 7) is 4.57. The number of anilines is 1. The first kappa shape index (κ1) is 22.7. The maximum atomic E-state index is 13.5. The number of piperidine rings is 1. The molecule has 1 aliphatic carbocycles. The lowest BCUT2D eigenvalue weighted by Crippen LogP contribution is -2.51. The quantitative estimate of drug-likeness (QED) is 0.703. The minimum atomic E-state index is -0.444. The molecule has 0 bridgehead atoms. The Morgan fingerprint density at radius 3 is 2.57 bits per heavy atom. The molecule has 1 spiro atoms. The lowest BCUT2D eigenvalue weighted by atomic mass is 9.74. The Hall–Kier alpha value is -2.70. The Labute approximate surface area is 208 Å². The van der Waals surface area contributed by atoms with Crippen molar-refractivity contribution >= 4 is 17.5 Å². The summed E-state index contributed by atoms with van der Waals surface area (Å²) in [7, 11) is 0. The highest BCUT2D eigenvalue weighted by Crippen LogP contribution is 2.46. The van der Waals surface area contributed by atoms with Crippen LogP contribution < -0.4 is 15.5 Å². The normalized spacial score (nSPS) is 25.0. The molecule has 0 saturated carbocycles. The van der Waals surface area contributed by atoms with Crippen LogP contribution in [0.4, 0.5) is 5.69 Å². The minimum Gasteiger partial charge on any atom is -0.350 e. The lowest BCUT2D eigenvalue weighted by molar-refractivity contribution is -0.126. The van der Waals surface area contributed by atoms with Crippen molar-refractivity contribution in [2.75, 3.05) is 37.6 Å². The third-order valence-corrected chi connectivity index (χ3v) is 8.87. The molecule has 4 aliphatic rings. The molecule has 1 unspecified atom stereocenters. The van der Waals surface area contributed by atoms with Crippen molar-refractivity contribution in [1.29, 1.82) is 0 Å². The molecule has 3 aliphatic heterocycles. The fraction of sp³-hybridized carbons (Fsp3) is 0.517. The molecule has 35 heavy (non-hydrogen) atoms. The van der Waals surface area contributed by atoms with Gasteiger partial charge in [-0.15, -0.1) is 0 Å². The highest BCUT2D eigenvalue weighted by Gasteiger charge is 2.42. The van der Waals surface area contributed by atoms with E-state index in [0.717, 1.165) is 50.4 Å². The monoisotopic (exact) mass is 472 g/mol. The highest BCUT2D eigenvalue weighted by molar-refractivity contribution is 6.03. The second-order valence-electron chi connectivity index (χ2n) is 10.8. The van der Waals surface area contributed by atoms with Crippen LogP contribution >= 0.6 is 0 Å². The summed E-state index contributed by atoms with van der Waals surface area (Å²) < 4.78 is 0. The van der Waals surface area contributed by atoms with Crippen LogP contribution in [-0.2, 0) is 27.8 Å². The van der Waals surface area contributed by atoms with Crippen LogP contribution in [0.25, 0.3) is 0 Å². The number of fused-ring (bicyclic) bond motifs is 3. The molecule has 2 fully saturated rings. The summed E-state index contributed by atoms with van der Waals surface area (Å²) in [6, 6.07) is 16.7. The zero-order chi connectivity index (χ0) is 23.8. The topological polar surface area (TPSA) is 64.7 Å². The van der Waals surface area contributed by atoms with E-state index in [2.05, 4.69) is 39.8 Å². The number of benzene rings is 2. The molecule has 2 atom stereocenters. The lowest BCUT2D eigenvalue weighted by Gasteiger charge is -2.40. The number of hydrogen-bond donors (Lipinski definition) is 2.